The van der Waals surface area contributed by atoms with Crippen LogP contribution in [0.4, 0.5) is 4.79 Å². The Morgan fingerprint density at radius 3 is 2.69 bits per heavy atom. The highest BCUT2D eigenvalue weighted by molar-refractivity contribution is 5.75. The molecule has 4 aliphatic rings. The normalized spacial score (nSPS) is 30.5. The summed E-state index contributed by atoms with van der Waals surface area (Å²) >= 11 is 0. The first-order valence-electron chi connectivity index (χ1n) is 9.54. The van der Waals surface area contributed by atoms with Crippen molar-refractivity contribution in [2.45, 2.75) is 62.8 Å². The number of amides is 2. The largest absolute Gasteiger partial charge is 0.474 e. The quantitative estimate of drug-likeness (QED) is 0.863. The molecule has 2 amide bonds. The molecule has 138 valence electrons. The minimum Gasteiger partial charge on any atom is -0.474 e. The molecule has 1 aromatic heterocycles. The Morgan fingerprint density at radius 1 is 1.27 bits per heavy atom. The van der Waals surface area contributed by atoms with Gasteiger partial charge in [0.1, 0.15) is 12.2 Å². The van der Waals surface area contributed by atoms with Gasteiger partial charge in [-0.2, -0.15) is 5.26 Å². The molecule has 1 aliphatic carbocycles. The Labute approximate surface area is 153 Å². The molecule has 2 unspecified atom stereocenters. The summed E-state index contributed by atoms with van der Waals surface area (Å²) in [5.74, 6) is 0.563. The van der Waals surface area contributed by atoms with Crippen LogP contribution in [0.2, 0.25) is 0 Å². The van der Waals surface area contributed by atoms with E-state index < -0.39 is 0 Å². The Hall–Kier alpha value is -2.33. The van der Waals surface area contributed by atoms with Crippen LogP contribution in [0.1, 0.15) is 44.1 Å². The van der Waals surface area contributed by atoms with E-state index in [1.54, 1.807) is 12.1 Å². The van der Waals surface area contributed by atoms with Crippen LogP contribution in [0, 0.1) is 11.3 Å². The van der Waals surface area contributed by atoms with E-state index in [9.17, 15) is 4.79 Å². The molecule has 0 spiro atoms. The van der Waals surface area contributed by atoms with Crippen LogP contribution in [0.3, 0.4) is 0 Å². The summed E-state index contributed by atoms with van der Waals surface area (Å²) < 4.78 is 5.91. The average molecular weight is 355 g/mol. The number of ether oxygens (including phenoxy) is 1. The third-order valence-electron chi connectivity index (χ3n) is 5.76. The summed E-state index contributed by atoms with van der Waals surface area (Å²) in [5, 5.41) is 15.5. The van der Waals surface area contributed by atoms with Gasteiger partial charge in [-0.1, -0.05) is 0 Å². The first kappa shape index (κ1) is 17.1. The Balaban J connectivity index is 1.23. The summed E-state index contributed by atoms with van der Waals surface area (Å²) in [7, 11) is 0. The zero-order chi connectivity index (χ0) is 17.9. The number of carbonyl (C=O) groups excluding carboxylic acids is 1. The van der Waals surface area contributed by atoms with Crippen molar-refractivity contribution >= 4 is 6.03 Å². The number of aromatic nitrogens is 1. The molecule has 0 radical (unpaired) electrons. The number of fused-ring (bicyclic) bond motifs is 3. The lowest BCUT2D eigenvalue weighted by Crippen LogP contribution is -2.64. The van der Waals surface area contributed by atoms with Crippen LogP contribution in [0.25, 0.3) is 0 Å². The number of nitrogens with zero attached hydrogens (tertiary/aromatic N) is 3. The molecule has 7 nitrogen and oxygen atoms in total. The van der Waals surface area contributed by atoms with Gasteiger partial charge in [-0.15, -0.1) is 0 Å². The van der Waals surface area contributed by atoms with E-state index in [-0.39, 0.29) is 18.2 Å². The van der Waals surface area contributed by atoms with Gasteiger partial charge in [-0.05, 0) is 44.6 Å². The minimum absolute atomic E-state index is 0.0966. The maximum atomic E-state index is 12.6. The van der Waals surface area contributed by atoms with Crippen LogP contribution in [-0.2, 0) is 0 Å². The number of piperidine rings is 2. The van der Waals surface area contributed by atoms with E-state index in [2.05, 4.69) is 21.7 Å². The van der Waals surface area contributed by atoms with E-state index in [1.165, 1.54) is 12.6 Å². The van der Waals surface area contributed by atoms with Crippen molar-refractivity contribution < 1.29 is 9.53 Å². The maximum absolute atomic E-state index is 12.6. The van der Waals surface area contributed by atoms with Gasteiger partial charge in [-0.25, -0.2) is 9.78 Å². The van der Waals surface area contributed by atoms with Gasteiger partial charge >= 0.3 is 6.03 Å². The Bertz CT molecular complexity index is 670. The average Bonchev–Trinajstić information content (AvgIpc) is 2.71. The fourth-order valence-electron chi connectivity index (χ4n) is 4.23. The van der Waals surface area contributed by atoms with Gasteiger partial charge in [0.2, 0.25) is 5.88 Å². The highest BCUT2D eigenvalue weighted by atomic mass is 16.5. The van der Waals surface area contributed by atoms with Crippen LogP contribution in [0.5, 0.6) is 5.88 Å². The number of rotatable bonds is 3. The second kappa shape index (κ2) is 7.50. The van der Waals surface area contributed by atoms with E-state index in [0.717, 1.165) is 45.2 Å². The first-order valence-corrected chi connectivity index (χ1v) is 9.54. The highest BCUT2D eigenvalue weighted by Gasteiger charge is 2.37. The molecule has 1 saturated carbocycles. The summed E-state index contributed by atoms with van der Waals surface area (Å²) in [6, 6.07) is 6.65. The number of nitrogens with one attached hydrogen (secondary N) is 2. The van der Waals surface area contributed by atoms with Crippen LogP contribution in [-0.4, -0.2) is 53.2 Å². The predicted molar refractivity (Wildman–Crippen MR) is 95.7 cm³/mol. The molecule has 1 aromatic rings. The fourth-order valence-corrected chi connectivity index (χ4v) is 4.23. The van der Waals surface area contributed by atoms with E-state index in [4.69, 9.17) is 10.00 Å². The van der Waals surface area contributed by atoms with Gasteiger partial charge in [0.15, 0.2) is 0 Å². The lowest BCUT2D eigenvalue weighted by molar-refractivity contribution is 0.0905. The van der Waals surface area contributed by atoms with E-state index in [0.29, 0.717) is 23.5 Å². The molecule has 7 heteroatoms. The van der Waals surface area contributed by atoms with Crippen molar-refractivity contribution in [3.63, 3.8) is 0 Å². The van der Waals surface area contributed by atoms with Gasteiger partial charge in [-0.3, -0.25) is 0 Å². The monoisotopic (exact) mass is 355 g/mol. The van der Waals surface area contributed by atoms with Crippen molar-refractivity contribution in [1.82, 2.24) is 20.5 Å². The Morgan fingerprint density at radius 2 is 2.12 bits per heavy atom. The summed E-state index contributed by atoms with van der Waals surface area (Å²) in [6.45, 7) is 1.76. The fraction of sp³-hybridized carbons (Fsp3) is 0.632. The van der Waals surface area contributed by atoms with Gasteiger partial charge < -0.3 is 20.3 Å². The molecule has 3 aliphatic heterocycles. The smallest absolute Gasteiger partial charge is 0.317 e. The molecule has 2 atom stereocenters. The zero-order valence-corrected chi connectivity index (χ0v) is 14.9. The topological polar surface area (TPSA) is 90.3 Å². The van der Waals surface area contributed by atoms with Gasteiger partial charge in [0, 0.05) is 43.5 Å². The molecule has 5 rings (SSSR count). The molecule has 2 N–H and O–H groups in total. The van der Waals surface area contributed by atoms with Crippen LogP contribution < -0.4 is 15.4 Å². The molecule has 4 heterocycles. The predicted octanol–water partition coefficient (Wildman–Crippen LogP) is 1.79. The molecular weight excluding hydrogens is 330 g/mol. The summed E-state index contributed by atoms with van der Waals surface area (Å²) in [6.07, 6.45) is 7.60. The lowest BCUT2D eigenvalue weighted by atomic mass is 9.92. The molecular formula is C19H25N5O2. The van der Waals surface area contributed by atoms with Gasteiger partial charge in [0.05, 0.1) is 5.56 Å². The van der Waals surface area contributed by atoms with Crippen LogP contribution >= 0.6 is 0 Å². The van der Waals surface area contributed by atoms with Crippen molar-refractivity contribution in [3.8, 4) is 11.9 Å². The van der Waals surface area contributed by atoms with E-state index in [1.807, 2.05) is 4.90 Å². The SMILES string of the molecule is N#Cc1ccc(OC2CCC(NC(=O)N3CC4CCC3CN4)CC2)nc1. The second-order valence-electron chi connectivity index (χ2n) is 7.53. The third kappa shape index (κ3) is 3.75. The number of carbonyl (C=O) groups is 1. The Kier molecular flexibility index (Phi) is 4.93. The van der Waals surface area contributed by atoms with Crippen molar-refractivity contribution in [3.05, 3.63) is 23.9 Å². The third-order valence-corrected chi connectivity index (χ3v) is 5.76. The molecule has 0 aromatic carbocycles. The molecule has 26 heavy (non-hydrogen) atoms. The van der Waals surface area contributed by atoms with Crippen molar-refractivity contribution in [1.29, 1.82) is 5.26 Å². The number of pyridine rings is 1. The second-order valence-corrected chi connectivity index (χ2v) is 7.53. The molecule has 4 fully saturated rings. The van der Waals surface area contributed by atoms with Gasteiger partial charge in [0.25, 0.3) is 0 Å². The molecule has 2 bridgehead atoms. The van der Waals surface area contributed by atoms with E-state index >= 15 is 0 Å². The first-order chi connectivity index (χ1) is 12.7. The van der Waals surface area contributed by atoms with Crippen molar-refractivity contribution in [2.75, 3.05) is 13.1 Å². The summed E-state index contributed by atoms with van der Waals surface area (Å²) in [4.78, 5) is 18.8. The highest BCUT2D eigenvalue weighted by Crippen LogP contribution is 2.25. The van der Waals surface area contributed by atoms with Crippen molar-refractivity contribution in [2.24, 2.45) is 0 Å². The molecule has 3 saturated heterocycles. The number of nitriles is 1. The lowest BCUT2D eigenvalue weighted by Gasteiger charge is -2.46. The number of hydrogen-bond acceptors (Lipinski definition) is 5. The number of urea groups is 1. The number of hydrogen-bond donors (Lipinski definition) is 2. The zero-order valence-electron chi connectivity index (χ0n) is 14.9. The summed E-state index contributed by atoms with van der Waals surface area (Å²) in [5.41, 5.74) is 0.533. The standard InChI is InChI=1S/C19H25N5O2/c20-9-13-1-8-18(22-10-13)26-17-6-3-14(4-7-17)23-19(25)24-12-15-2-5-16(24)11-21-15/h1,8,10,14-17,21H,2-7,11-12H2,(H,23,25). The van der Waals surface area contributed by atoms with Crippen LogP contribution in [0.15, 0.2) is 18.3 Å². The number of piperazine rings is 1. The maximum Gasteiger partial charge on any atom is 0.317 e. The minimum atomic E-state index is 0.0966.